The van der Waals surface area contributed by atoms with Crippen molar-refractivity contribution in [1.82, 2.24) is 9.80 Å². The summed E-state index contributed by atoms with van der Waals surface area (Å²) in [4.78, 5) is 41.7. The maximum atomic E-state index is 15.4. The molecule has 2 aromatic rings. The molecule has 1 fully saturated rings. The molecule has 1 saturated heterocycles. The number of likely N-dealkylation sites (tertiary alicyclic amines) is 1. The number of carbonyl (C=O) groups excluding carboxylic acids is 3. The lowest BCUT2D eigenvalue weighted by molar-refractivity contribution is -0.140. The second kappa shape index (κ2) is 8.07. The van der Waals surface area contributed by atoms with Gasteiger partial charge in [-0.1, -0.05) is 24.3 Å². The Morgan fingerprint density at radius 1 is 1.12 bits per heavy atom. The number of rotatable bonds is 4. The number of nitrogens with zero attached hydrogens (tertiary/aromatic N) is 3. The van der Waals surface area contributed by atoms with Crippen molar-refractivity contribution in [2.75, 3.05) is 0 Å². The Labute approximate surface area is 190 Å². The van der Waals surface area contributed by atoms with E-state index in [-0.39, 0.29) is 23.1 Å². The van der Waals surface area contributed by atoms with Crippen LogP contribution in [0.2, 0.25) is 0 Å². The van der Waals surface area contributed by atoms with Gasteiger partial charge in [-0.3, -0.25) is 19.3 Å². The molecule has 0 aromatic heterocycles. The molecule has 0 spiro atoms. The van der Waals surface area contributed by atoms with Crippen molar-refractivity contribution >= 4 is 17.7 Å². The molecule has 0 radical (unpaired) electrons. The number of carbonyl (C=O) groups is 3. The van der Waals surface area contributed by atoms with E-state index in [2.05, 4.69) is 6.07 Å². The molecule has 4 rings (SSSR count). The minimum Gasteiger partial charge on any atom is -0.326 e. The highest BCUT2D eigenvalue weighted by molar-refractivity contribution is 6.22. The molecule has 0 unspecified atom stereocenters. The standard InChI is InChI=1S/C25H23F2N3O3/c1-14(29-23(32)17-9-4-5-10-18(17)24(29)33)22(31)30-20(25(2,3)13-28)12-19(27)21(30)15-7-6-8-16(26)11-15/h4-11,14,19-21H,12H2,1-3H3/t14-,19+,20-,21-/m1/s1. The Balaban J connectivity index is 1.75. The topological polar surface area (TPSA) is 81.5 Å². The van der Waals surface area contributed by atoms with Crippen molar-refractivity contribution in [1.29, 1.82) is 5.26 Å². The first-order valence-electron chi connectivity index (χ1n) is 10.7. The highest BCUT2D eigenvalue weighted by atomic mass is 19.1. The van der Waals surface area contributed by atoms with E-state index in [1.165, 1.54) is 42.2 Å². The largest absolute Gasteiger partial charge is 0.326 e. The zero-order valence-electron chi connectivity index (χ0n) is 18.5. The van der Waals surface area contributed by atoms with Gasteiger partial charge in [0.1, 0.15) is 18.0 Å². The van der Waals surface area contributed by atoms with E-state index in [0.29, 0.717) is 0 Å². The van der Waals surface area contributed by atoms with Gasteiger partial charge in [0, 0.05) is 6.42 Å². The SMILES string of the molecule is C[C@H](C(=O)N1[C@H](c2cccc(F)c2)[C@@H](F)C[C@@H]1C(C)(C)C#N)N1C(=O)c2ccccc2C1=O. The molecule has 6 nitrogen and oxygen atoms in total. The van der Waals surface area contributed by atoms with E-state index in [4.69, 9.17) is 0 Å². The molecule has 2 aliphatic rings. The third kappa shape index (κ3) is 3.58. The average molecular weight is 451 g/mol. The Morgan fingerprint density at radius 2 is 1.73 bits per heavy atom. The predicted octanol–water partition coefficient (Wildman–Crippen LogP) is 4.04. The summed E-state index contributed by atoms with van der Waals surface area (Å²) in [5.74, 6) is -2.47. The fourth-order valence-electron chi connectivity index (χ4n) is 4.78. The van der Waals surface area contributed by atoms with E-state index < -0.39 is 53.3 Å². The number of halogens is 2. The van der Waals surface area contributed by atoms with Crippen LogP contribution in [0.15, 0.2) is 48.5 Å². The molecule has 2 heterocycles. The minimum atomic E-state index is -1.55. The fraction of sp³-hybridized carbons (Fsp3) is 0.360. The number of amides is 3. The van der Waals surface area contributed by atoms with Crippen LogP contribution in [0.3, 0.4) is 0 Å². The van der Waals surface area contributed by atoms with Gasteiger partial charge in [-0.25, -0.2) is 8.78 Å². The van der Waals surface area contributed by atoms with Crippen molar-refractivity contribution in [3.63, 3.8) is 0 Å². The minimum absolute atomic E-state index is 0.123. The Morgan fingerprint density at radius 3 is 2.27 bits per heavy atom. The van der Waals surface area contributed by atoms with Gasteiger partial charge >= 0.3 is 0 Å². The van der Waals surface area contributed by atoms with Crippen LogP contribution in [0.25, 0.3) is 0 Å². The number of imide groups is 1. The van der Waals surface area contributed by atoms with E-state index in [1.54, 1.807) is 26.0 Å². The molecule has 2 aromatic carbocycles. The number of hydrogen-bond donors (Lipinski definition) is 0. The quantitative estimate of drug-likeness (QED) is 0.657. The summed E-state index contributed by atoms with van der Waals surface area (Å²) in [6.07, 6.45) is -1.68. The normalized spacial score (nSPS) is 23.5. The van der Waals surface area contributed by atoms with Crippen molar-refractivity contribution in [3.8, 4) is 6.07 Å². The smallest absolute Gasteiger partial charge is 0.262 e. The summed E-state index contributed by atoms with van der Waals surface area (Å²) in [5.41, 5.74) is -0.476. The van der Waals surface area contributed by atoms with Gasteiger partial charge in [0.05, 0.1) is 34.7 Å². The number of hydrogen-bond acceptors (Lipinski definition) is 4. The number of fused-ring (bicyclic) bond motifs is 1. The molecular formula is C25H23F2N3O3. The van der Waals surface area contributed by atoms with Crippen LogP contribution in [0, 0.1) is 22.6 Å². The summed E-state index contributed by atoms with van der Waals surface area (Å²) in [6, 6.07) is 10.5. The Bertz CT molecular complexity index is 1150. The Kier molecular flexibility index (Phi) is 5.52. The second-order valence-corrected chi connectivity index (χ2v) is 9.05. The third-order valence-corrected chi connectivity index (χ3v) is 6.56. The van der Waals surface area contributed by atoms with Crippen molar-refractivity contribution in [2.24, 2.45) is 5.41 Å². The van der Waals surface area contributed by atoms with Crippen molar-refractivity contribution < 1.29 is 23.2 Å². The maximum absolute atomic E-state index is 15.4. The monoisotopic (exact) mass is 451 g/mol. The van der Waals surface area contributed by atoms with Crippen molar-refractivity contribution in [2.45, 2.75) is 51.5 Å². The van der Waals surface area contributed by atoms with E-state index >= 15 is 4.39 Å². The molecule has 0 aliphatic carbocycles. The first kappa shape index (κ1) is 22.6. The van der Waals surface area contributed by atoms with Crippen LogP contribution in [-0.2, 0) is 4.79 Å². The van der Waals surface area contributed by atoms with Crippen LogP contribution in [-0.4, -0.2) is 45.8 Å². The highest BCUT2D eigenvalue weighted by Crippen LogP contribution is 2.45. The summed E-state index contributed by atoms with van der Waals surface area (Å²) in [5, 5.41) is 9.70. The zero-order valence-corrected chi connectivity index (χ0v) is 18.5. The van der Waals surface area contributed by atoms with Gasteiger partial charge in [0.25, 0.3) is 11.8 Å². The fourth-order valence-corrected chi connectivity index (χ4v) is 4.78. The van der Waals surface area contributed by atoms with Crippen LogP contribution in [0.1, 0.15) is 59.5 Å². The van der Waals surface area contributed by atoms with E-state index in [1.807, 2.05) is 0 Å². The number of alkyl halides is 1. The van der Waals surface area contributed by atoms with Gasteiger partial charge < -0.3 is 4.90 Å². The lowest BCUT2D eigenvalue weighted by Gasteiger charge is -2.38. The number of nitriles is 1. The third-order valence-electron chi connectivity index (χ3n) is 6.56. The molecule has 33 heavy (non-hydrogen) atoms. The summed E-state index contributed by atoms with van der Waals surface area (Å²) < 4.78 is 29.3. The molecule has 0 saturated carbocycles. The highest BCUT2D eigenvalue weighted by Gasteiger charge is 2.53. The van der Waals surface area contributed by atoms with Crippen molar-refractivity contribution in [3.05, 3.63) is 71.0 Å². The van der Waals surface area contributed by atoms with Gasteiger partial charge in [-0.15, -0.1) is 0 Å². The van der Waals surface area contributed by atoms with Crippen LogP contribution in [0.5, 0.6) is 0 Å². The molecule has 170 valence electrons. The van der Waals surface area contributed by atoms with Gasteiger partial charge in [-0.2, -0.15) is 5.26 Å². The average Bonchev–Trinajstić information content (AvgIpc) is 3.27. The van der Waals surface area contributed by atoms with Crippen LogP contribution >= 0.6 is 0 Å². The molecule has 0 N–H and O–H groups in total. The molecule has 8 heteroatoms. The molecule has 0 bridgehead atoms. The summed E-state index contributed by atoms with van der Waals surface area (Å²) in [7, 11) is 0. The van der Waals surface area contributed by atoms with E-state index in [0.717, 1.165) is 11.0 Å². The summed E-state index contributed by atoms with van der Waals surface area (Å²) in [6.45, 7) is 4.62. The van der Waals surface area contributed by atoms with Gasteiger partial charge in [0.15, 0.2) is 0 Å². The predicted molar refractivity (Wildman–Crippen MR) is 115 cm³/mol. The zero-order chi connectivity index (χ0) is 24.1. The van der Waals surface area contributed by atoms with Crippen LogP contribution < -0.4 is 0 Å². The van der Waals surface area contributed by atoms with E-state index in [9.17, 15) is 24.0 Å². The first-order valence-corrected chi connectivity index (χ1v) is 10.7. The first-order chi connectivity index (χ1) is 15.6. The lowest BCUT2D eigenvalue weighted by atomic mass is 9.84. The van der Waals surface area contributed by atoms with Crippen LogP contribution in [0.4, 0.5) is 8.78 Å². The lowest BCUT2D eigenvalue weighted by Crippen LogP contribution is -2.54. The Hall–Kier alpha value is -3.60. The molecule has 2 aliphatic heterocycles. The van der Waals surface area contributed by atoms with Gasteiger partial charge in [0.2, 0.25) is 5.91 Å². The summed E-state index contributed by atoms with van der Waals surface area (Å²) >= 11 is 0. The molecular weight excluding hydrogens is 428 g/mol. The number of benzene rings is 2. The second-order valence-electron chi connectivity index (χ2n) is 9.05. The molecule has 4 atom stereocenters. The van der Waals surface area contributed by atoms with Gasteiger partial charge in [-0.05, 0) is 50.6 Å². The molecule has 3 amide bonds. The maximum Gasteiger partial charge on any atom is 0.262 e.